The van der Waals surface area contributed by atoms with Crippen molar-refractivity contribution in [3.8, 4) is 0 Å². The van der Waals surface area contributed by atoms with Crippen LogP contribution in [0.5, 0.6) is 0 Å². The molecule has 0 fully saturated rings. The first-order valence-corrected chi connectivity index (χ1v) is 8.19. The van der Waals surface area contributed by atoms with Crippen molar-refractivity contribution in [1.29, 1.82) is 0 Å². The van der Waals surface area contributed by atoms with Crippen LogP contribution in [-0.2, 0) is 0 Å². The number of rotatable bonds is 4. The van der Waals surface area contributed by atoms with Crippen molar-refractivity contribution in [1.82, 2.24) is 5.01 Å². The van der Waals surface area contributed by atoms with E-state index in [9.17, 15) is 40.6 Å². The highest BCUT2D eigenvalue weighted by atomic mass is 79.9. The second-order valence-corrected chi connectivity index (χ2v) is 6.70. The van der Waals surface area contributed by atoms with Crippen molar-refractivity contribution in [2.24, 2.45) is 5.10 Å². The van der Waals surface area contributed by atoms with Gasteiger partial charge >= 0.3 is 18.0 Å². The third-order valence-electron chi connectivity index (χ3n) is 3.99. The number of halogens is 8. The first-order chi connectivity index (χ1) is 12.2. The Labute approximate surface area is 156 Å². The van der Waals surface area contributed by atoms with Gasteiger partial charge in [-0.2, -0.15) is 40.8 Å². The lowest BCUT2D eigenvalue weighted by atomic mass is 9.92. The van der Waals surface area contributed by atoms with E-state index in [1.807, 2.05) is 0 Å². The number of hydrogen-bond acceptors (Lipinski definition) is 3. The van der Waals surface area contributed by atoms with Gasteiger partial charge in [-0.15, -0.1) is 0 Å². The molecule has 1 atom stereocenters. The summed E-state index contributed by atoms with van der Waals surface area (Å²) >= 11 is 3.05. The minimum absolute atomic E-state index is 0.153. The van der Waals surface area contributed by atoms with Gasteiger partial charge in [-0.3, -0.25) is 4.79 Å². The van der Waals surface area contributed by atoms with E-state index >= 15 is 0 Å². The molecule has 1 N–H and O–H groups in total. The van der Waals surface area contributed by atoms with Crippen LogP contribution in [0.15, 0.2) is 33.8 Å². The molecule has 27 heavy (non-hydrogen) atoms. The Morgan fingerprint density at radius 2 is 1.70 bits per heavy atom. The summed E-state index contributed by atoms with van der Waals surface area (Å²) < 4.78 is 93.7. The van der Waals surface area contributed by atoms with Crippen LogP contribution in [0.2, 0.25) is 0 Å². The second-order valence-electron chi connectivity index (χ2n) is 5.78. The van der Waals surface area contributed by atoms with Crippen LogP contribution in [0.4, 0.5) is 30.7 Å². The van der Waals surface area contributed by atoms with Crippen molar-refractivity contribution in [3.05, 3.63) is 34.3 Å². The molecule has 0 radical (unpaired) electrons. The number of nitrogens with zero attached hydrogens (tertiary/aromatic N) is 2. The molecule has 1 heterocycles. The van der Waals surface area contributed by atoms with Gasteiger partial charge in [0.25, 0.3) is 5.91 Å². The van der Waals surface area contributed by atoms with Crippen LogP contribution >= 0.6 is 15.9 Å². The van der Waals surface area contributed by atoms with Gasteiger partial charge in [0, 0.05) is 22.2 Å². The number of hydrazone groups is 1. The SMILES string of the molecule is CCC1=NN(C(=O)c2ccc(Br)cc2)C(O)(C(F)(F)C(F)(F)C(F)(F)F)C1. The average Bonchev–Trinajstić information content (AvgIpc) is 2.92. The van der Waals surface area contributed by atoms with E-state index in [0.717, 1.165) is 12.1 Å². The summed E-state index contributed by atoms with van der Waals surface area (Å²) in [5, 5.41) is 13.2. The summed E-state index contributed by atoms with van der Waals surface area (Å²) in [5.41, 5.74) is -4.87. The van der Waals surface area contributed by atoms with E-state index in [1.165, 1.54) is 19.1 Å². The van der Waals surface area contributed by atoms with Crippen LogP contribution in [0.25, 0.3) is 0 Å². The normalized spacial score (nSPS) is 21.4. The van der Waals surface area contributed by atoms with Gasteiger partial charge in [-0.25, -0.2) is 0 Å². The van der Waals surface area contributed by atoms with Gasteiger partial charge in [0.05, 0.1) is 0 Å². The zero-order valence-electron chi connectivity index (χ0n) is 13.5. The van der Waals surface area contributed by atoms with Crippen molar-refractivity contribution in [3.63, 3.8) is 0 Å². The molecule has 4 nitrogen and oxygen atoms in total. The van der Waals surface area contributed by atoms with Crippen molar-refractivity contribution in [2.75, 3.05) is 0 Å². The molecule has 0 aromatic heterocycles. The van der Waals surface area contributed by atoms with E-state index in [2.05, 4.69) is 21.0 Å². The van der Waals surface area contributed by atoms with E-state index in [1.54, 1.807) is 0 Å². The first kappa shape index (κ1) is 21.6. The largest absolute Gasteiger partial charge is 0.460 e. The number of aliphatic hydroxyl groups is 1. The highest BCUT2D eigenvalue weighted by Crippen LogP contribution is 2.54. The average molecular weight is 465 g/mol. The van der Waals surface area contributed by atoms with E-state index in [4.69, 9.17) is 0 Å². The summed E-state index contributed by atoms with van der Waals surface area (Å²) in [5.74, 6) is -14.1. The molecule has 1 aromatic carbocycles. The van der Waals surface area contributed by atoms with Crippen molar-refractivity contribution < 1.29 is 40.6 Å². The van der Waals surface area contributed by atoms with Crippen molar-refractivity contribution in [2.45, 2.75) is 43.5 Å². The number of benzene rings is 1. The van der Waals surface area contributed by atoms with Gasteiger partial charge in [0.15, 0.2) is 0 Å². The van der Waals surface area contributed by atoms with E-state index in [0.29, 0.717) is 4.47 Å². The fourth-order valence-electron chi connectivity index (χ4n) is 2.42. The Hall–Kier alpha value is -1.69. The molecule has 1 aliphatic rings. The Bertz CT molecular complexity index is 764. The molecule has 1 aromatic rings. The summed E-state index contributed by atoms with van der Waals surface area (Å²) in [4.78, 5) is 12.4. The monoisotopic (exact) mass is 464 g/mol. The number of alkyl halides is 7. The number of carbonyl (C=O) groups excluding carboxylic acids is 1. The molecule has 12 heteroatoms. The van der Waals surface area contributed by atoms with Crippen LogP contribution in [0.3, 0.4) is 0 Å². The number of carbonyl (C=O) groups is 1. The summed E-state index contributed by atoms with van der Waals surface area (Å²) in [6, 6.07) is 4.84. The first-order valence-electron chi connectivity index (χ1n) is 7.40. The number of amides is 1. The third-order valence-corrected chi connectivity index (χ3v) is 4.52. The molecule has 0 saturated carbocycles. The van der Waals surface area contributed by atoms with Gasteiger partial charge in [-0.1, -0.05) is 22.9 Å². The van der Waals surface area contributed by atoms with Gasteiger partial charge in [-0.05, 0) is 30.7 Å². The van der Waals surface area contributed by atoms with Gasteiger partial charge < -0.3 is 5.11 Å². The fraction of sp³-hybridized carbons (Fsp3) is 0.467. The van der Waals surface area contributed by atoms with Gasteiger partial charge in [0.1, 0.15) is 0 Å². The summed E-state index contributed by atoms with van der Waals surface area (Å²) in [7, 11) is 0. The minimum atomic E-state index is -6.66. The number of hydrogen-bond donors (Lipinski definition) is 1. The molecular weight excluding hydrogens is 453 g/mol. The van der Waals surface area contributed by atoms with E-state index in [-0.39, 0.29) is 17.7 Å². The quantitative estimate of drug-likeness (QED) is 0.663. The molecule has 0 bridgehead atoms. The molecule has 1 unspecified atom stereocenters. The molecule has 2 rings (SSSR count). The highest BCUT2D eigenvalue weighted by Gasteiger charge is 2.82. The van der Waals surface area contributed by atoms with Crippen LogP contribution in [0.1, 0.15) is 30.1 Å². The maximum Gasteiger partial charge on any atom is 0.460 e. The Morgan fingerprint density at radius 1 is 1.19 bits per heavy atom. The standard InChI is InChI=1S/C15H12BrF7N2O2/c1-2-10-7-12(27,13(17,18)14(19,20)15(21,22)23)25(24-10)11(26)8-3-5-9(16)6-4-8/h3-6,27H,2,7H2,1H3. The fourth-order valence-corrected chi connectivity index (χ4v) is 2.68. The Morgan fingerprint density at radius 3 is 2.15 bits per heavy atom. The maximum absolute atomic E-state index is 14.3. The van der Waals surface area contributed by atoms with E-state index < -0.39 is 41.1 Å². The molecular formula is C15H12BrF7N2O2. The zero-order chi connectivity index (χ0) is 20.8. The molecule has 0 spiro atoms. The lowest BCUT2D eigenvalue weighted by Crippen LogP contribution is -2.69. The lowest BCUT2D eigenvalue weighted by Gasteiger charge is -2.41. The second kappa shape index (κ2) is 6.73. The summed E-state index contributed by atoms with van der Waals surface area (Å²) in [6.45, 7) is 1.35. The maximum atomic E-state index is 14.3. The van der Waals surface area contributed by atoms with Crippen LogP contribution in [0, 0.1) is 0 Å². The predicted octanol–water partition coefficient (Wildman–Crippen LogP) is 4.58. The third kappa shape index (κ3) is 3.33. The zero-order valence-corrected chi connectivity index (χ0v) is 15.1. The van der Waals surface area contributed by atoms with Crippen LogP contribution < -0.4 is 0 Å². The molecule has 150 valence electrons. The minimum Gasteiger partial charge on any atom is -0.364 e. The Balaban J connectivity index is 2.55. The lowest BCUT2D eigenvalue weighted by molar-refractivity contribution is -0.400. The predicted molar refractivity (Wildman–Crippen MR) is 83.6 cm³/mol. The summed E-state index contributed by atoms with van der Waals surface area (Å²) in [6.07, 6.45) is -8.17. The smallest absolute Gasteiger partial charge is 0.364 e. The van der Waals surface area contributed by atoms with Crippen LogP contribution in [-0.4, -0.2) is 45.5 Å². The highest BCUT2D eigenvalue weighted by molar-refractivity contribution is 9.10. The molecule has 0 saturated heterocycles. The Kier molecular flexibility index (Phi) is 5.38. The topological polar surface area (TPSA) is 52.9 Å². The molecule has 1 aliphatic heterocycles. The molecule has 1 amide bonds. The van der Waals surface area contributed by atoms with Crippen molar-refractivity contribution >= 4 is 27.5 Å². The molecule has 0 aliphatic carbocycles. The van der Waals surface area contributed by atoms with Gasteiger partial charge in [0.2, 0.25) is 5.72 Å².